The van der Waals surface area contributed by atoms with E-state index < -0.39 is 17.9 Å². The van der Waals surface area contributed by atoms with E-state index in [1.54, 1.807) is 30.3 Å². The molecule has 0 saturated carbocycles. The molecule has 0 aromatic heterocycles. The molecule has 2 aliphatic heterocycles. The molecule has 2 aromatic carbocycles. The fraction of sp³-hybridized carbons (Fsp3) is 0.320. The van der Waals surface area contributed by atoms with E-state index in [9.17, 15) is 19.5 Å². The smallest absolute Gasteiger partial charge is 0.326 e. The molecule has 4 rings (SSSR count). The number of rotatable bonds is 8. The summed E-state index contributed by atoms with van der Waals surface area (Å²) in [7, 11) is 4.48. The van der Waals surface area contributed by atoms with Crippen molar-refractivity contribution in [1.82, 2.24) is 4.90 Å². The number of Topliss-reactive ketones (excluding diaryl/α,β-unsaturated/α-hetero) is 1. The number of ketones is 1. The zero-order chi connectivity index (χ0) is 25.1. The normalized spacial score (nSPS) is 17.7. The van der Waals surface area contributed by atoms with Gasteiger partial charge in [0.25, 0.3) is 5.91 Å². The summed E-state index contributed by atoms with van der Waals surface area (Å²) in [4.78, 5) is 37.9. The van der Waals surface area contributed by atoms with Crippen LogP contribution >= 0.6 is 0 Å². The molecule has 1 amide bonds. The van der Waals surface area contributed by atoms with E-state index in [1.807, 2.05) is 0 Å². The highest BCUT2D eigenvalue weighted by Gasteiger charge is 2.34. The number of carboxylic acids is 1. The molecule has 1 saturated heterocycles. The predicted molar refractivity (Wildman–Crippen MR) is 123 cm³/mol. The lowest BCUT2D eigenvalue weighted by molar-refractivity contribution is -0.148. The van der Waals surface area contributed by atoms with Crippen molar-refractivity contribution < 1.29 is 43.2 Å². The number of nitrogens with zero attached hydrogens (tertiary/aromatic N) is 1. The summed E-state index contributed by atoms with van der Waals surface area (Å²) in [5, 5.41) is 9.26. The molecular weight excluding hydrogens is 458 g/mol. The second-order valence-electron chi connectivity index (χ2n) is 7.89. The Balaban J connectivity index is 1.50. The van der Waals surface area contributed by atoms with Crippen LogP contribution < -0.4 is 23.7 Å². The van der Waals surface area contributed by atoms with Crippen LogP contribution in [0.5, 0.6) is 28.7 Å². The summed E-state index contributed by atoms with van der Waals surface area (Å²) in [6.45, 7) is 0.0662. The van der Waals surface area contributed by atoms with E-state index in [0.717, 1.165) is 0 Å². The Kier molecular flexibility index (Phi) is 6.81. The van der Waals surface area contributed by atoms with Gasteiger partial charge in [0.2, 0.25) is 11.5 Å². The predicted octanol–water partition coefficient (Wildman–Crippen LogP) is 2.78. The van der Waals surface area contributed by atoms with Gasteiger partial charge in [-0.2, -0.15) is 0 Å². The minimum absolute atomic E-state index is 0.0834. The number of hydrogen-bond acceptors (Lipinski definition) is 8. The third kappa shape index (κ3) is 4.59. The number of allylic oxidation sites excluding steroid dienone is 1. The third-order valence-corrected chi connectivity index (χ3v) is 5.88. The Morgan fingerprint density at radius 1 is 1.11 bits per heavy atom. The van der Waals surface area contributed by atoms with Gasteiger partial charge in [0.1, 0.15) is 17.5 Å². The van der Waals surface area contributed by atoms with Crippen molar-refractivity contribution in [1.29, 1.82) is 0 Å². The van der Waals surface area contributed by atoms with E-state index in [-0.39, 0.29) is 23.9 Å². The van der Waals surface area contributed by atoms with Crippen molar-refractivity contribution in [2.45, 2.75) is 18.9 Å². The molecule has 10 heteroatoms. The first-order valence-electron chi connectivity index (χ1n) is 10.9. The molecule has 2 heterocycles. The summed E-state index contributed by atoms with van der Waals surface area (Å²) in [5.41, 5.74) is 0.904. The average molecular weight is 483 g/mol. The van der Waals surface area contributed by atoms with E-state index in [1.165, 1.54) is 32.3 Å². The van der Waals surface area contributed by atoms with Crippen LogP contribution in [0.25, 0.3) is 6.08 Å². The summed E-state index contributed by atoms with van der Waals surface area (Å²) >= 11 is 0. The van der Waals surface area contributed by atoms with Crippen molar-refractivity contribution in [2.24, 2.45) is 0 Å². The van der Waals surface area contributed by atoms with Gasteiger partial charge in [0.05, 0.1) is 26.9 Å². The number of carbonyl (C=O) groups is 3. The molecule has 0 spiro atoms. The minimum atomic E-state index is -1.02. The van der Waals surface area contributed by atoms with Crippen molar-refractivity contribution in [3.63, 3.8) is 0 Å². The van der Waals surface area contributed by atoms with E-state index in [0.29, 0.717) is 53.5 Å². The van der Waals surface area contributed by atoms with Crippen LogP contribution in [0, 0.1) is 0 Å². The molecule has 2 aromatic rings. The van der Waals surface area contributed by atoms with Crippen molar-refractivity contribution >= 4 is 23.7 Å². The summed E-state index contributed by atoms with van der Waals surface area (Å²) in [5.74, 6) is 0.191. The van der Waals surface area contributed by atoms with E-state index >= 15 is 0 Å². The first-order chi connectivity index (χ1) is 16.9. The maximum Gasteiger partial charge on any atom is 0.326 e. The van der Waals surface area contributed by atoms with Crippen LogP contribution in [-0.2, 0) is 9.59 Å². The van der Waals surface area contributed by atoms with Gasteiger partial charge in [0, 0.05) is 18.2 Å². The van der Waals surface area contributed by atoms with Gasteiger partial charge >= 0.3 is 5.97 Å². The quantitative estimate of drug-likeness (QED) is 0.565. The highest BCUT2D eigenvalue weighted by molar-refractivity contribution is 6.14. The molecule has 0 aliphatic carbocycles. The maximum absolute atomic E-state index is 12.9. The number of carbonyl (C=O) groups excluding carboxylic acids is 2. The topological polar surface area (TPSA) is 121 Å². The fourth-order valence-corrected chi connectivity index (χ4v) is 4.19. The largest absolute Gasteiger partial charge is 0.493 e. The van der Waals surface area contributed by atoms with Crippen molar-refractivity contribution in [2.75, 3.05) is 34.5 Å². The summed E-state index contributed by atoms with van der Waals surface area (Å²) < 4.78 is 27.5. The molecule has 0 radical (unpaired) electrons. The number of aliphatic carboxylic acids is 1. The Hall–Kier alpha value is -4.21. The van der Waals surface area contributed by atoms with Gasteiger partial charge in [-0.1, -0.05) is 0 Å². The number of fused-ring (bicyclic) bond motifs is 1. The van der Waals surface area contributed by atoms with Gasteiger partial charge < -0.3 is 33.7 Å². The first kappa shape index (κ1) is 23.9. The van der Waals surface area contributed by atoms with Crippen LogP contribution in [0.4, 0.5) is 0 Å². The Bertz CT molecular complexity index is 1200. The Labute approximate surface area is 201 Å². The zero-order valence-corrected chi connectivity index (χ0v) is 19.5. The molecule has 1 fully saturated rings. The highest BCUT2D eigenvalue weighted by atomic mass is 16.5. The number of ether oxygens (including phenoxy) is 5. The van der Waals surface area contributed by atoms with E-state index in [4.69, 9.17) is 23.7 Å². The number of carboxylic acid groups (broad SMARTS) is 1. The monoisotopic (exact) mass is 483 g/mol. The summed E-state index contributed by atoms with van der Waals surface area (Å²) in [6, 6.07) is 7.22. The van der Waals surface area contributed by atoms with Crippen LogP contribution in [0.15, 0.2) is 36.1 Å². The molecule has 1 atom stereocenters. The van der Waals surface area contributed by atoms with Crippen molar-refractivity contribution in [3.05, 3.63) is 47.2 Å². The second kappa shape index (κ2) is 9.96. The van der Waals surface area contributed by atoms with Crippen LogP contribution in [0.2, 0.25) is 0 Å². The highest BCUT2D eigenvalue weighted by Crippen LogP contribution is 2.42. The molecule has 0 bridgehead atoms. The molecular formula is C25H25NO9. The maximum atomic E-state index is 12.9. The lowest BCUT2D eigenvalue weighted by atomic mass is 10.1. The number of hydrogen-bond donors (Lipinski definition) is 1. The van der Waals surface area contributed by atoms with Gasteiger partial charge in [-0.05, 0) is 43.2 Å². The van der Waals surface area contributed by atoms with Crippen LogP contribution in [0.3, 0.4) is 0 Å². The number of methoxy groups -OCH3 is 3. The standard InChI is InChI=1S/C25H25NO9/c1-31-18-9-6-14(23(32-2)24(18)33-3)11-20-22(28)16-8-7-15(12-19(16)35-20)34-13-21(27)26-10-4-5-17(26)25(29)30/h6-9,11-12,17H,4-5,10,13H2,1-3H3,(H,29,30)/t17-/m0/s1. The van der Waals surface area contributed by atoms with Gasteiger partial charge in [0.15, 0.2) is 23.9 Å². The molecule has 35 heavy (non-hydrogen) atoms. The van der Waals surface area contributed by atoms with Gasteiger partial charge in [-0.15, -0.1) is 0 Å². The molecule has 1 N–H and O–H groups in total. The number of likely N-dealkylation sites (tertiary alicyclic amines) is 1. The lowest BCUT2D eigenvalue weighted by Crippen LogP contribution is -2.42. The average Bonchev–Trinajstić information content (AvgIpc) is 3.47. The first-order valence-corrected chi connectivity index (χ1v) is 10.9. The Morgan fingerprint density at radius 3 is 2.57 bits per heavy atom. The molecule has 2 aliphatic rings. The Morgan fingerprint density at radius 2 is 1.89 bits per heavy atom. The molecule has 10 nitrogen and oxygen atoms in total. The van der Waals surface area contributed by atoms with Crippen LogP contribution in [-0.4, -0.2) is 68.2 Å². The molecule has 0 unspecified atom stereocenters. The summed E-state index contributed by atoms with van der Waals surface area (Å²) in [6.07, 6.45) is 2.61. The fourth-order valence-electron chi connectivity index (χ4n) is 4.19. The zero-order valence-electron chi connectivity index (χ0n) is 19.5. The number of amides is 1. The van der Waals surface area contributed by atoms with E-state index in [2.05, 4.69) is 0 Å². The van der Waals surface area contributed by atoms with Crippen LogP contribution in [0.1, 0.15) is 28.8 Å². The number of benzene rings is 2. The minimum Gasteiger partial charge on any atom is -0.493 e. The van der Waals surface area contributed by atoms with Crippen molar-refractivity contribution in [3.8, 4) is 28.7 Å². The SMILES string of the molecule is COc1ccc(C=C2Oc3cc(OCC(=O)N4CCC[C@H]4C(=O)O)ccc3C2=O)c(OC)c1OC. The second-order valence-corrected chi connectivity index (χ2v) is 7.89. The molecule has 184 valence electrons. The third-order valence-electron chi connectivity index (χ3n) is 5.88. The van der Waals surface area contributed by atoms with Gasteiger partial charge in [-0.3, -0.25) is 9.59 Å². The lowest BCUT2D eigenvalue weighted by Gasteiger charge is -2.21. The van der Waals surface area contributed by atoms with Gasteiger partial charge in [-0.25, -0.2) is 4.79 Å².